The van der Waals surface area contributed by atoms with Crippen LogP contribution in [0.4, 0.5) is 11.4 Å². The Bertz CT molecular complexity index is 1410. The Kier molecular flexibility index (Phi) is 7.36. The Morgan fingerprint density at radius 3 is 1.32 bits per heavy atom. The molecule has 0 aliphatic carbocycles. The van der Waals surface area contributed by atoms with Gasteiger partial charge in [-0.3, -0.25) is 9.59 Å². The number of hydrogen-bond acceptors (Lipinski definition) is 8. The fourth-order valence-electron chi connectivity index (χ4n) is 3.84. The quantitative estimate of drug-likeness (QED) is 0.342. The molecule has 0 spiro atoms. The van der Waals surface area contributed by atoms with E-state index >= 15 is 0 Å². The Hall–Kier alpha value is -4.64. The third-order valence-electron chi connectivity index (χ3n) is 5.73. The van der Waals surface area contributed by atoms with Crippen LogP contribution in [0.25, 0.3) is 0 Å². The van der Waals surface area contributed by atoms with Crippen molar-refractivity contribution >= 4 is 46.7 Å². The Labute approximate surface area is 227 Å². The van der Waals surface area contributed by atoms with Crippen LogP contribution in [0.15, 0.2) is 106 Å². The van der Waals surface area contributed by atoms with Gasteiger partial charge in [0.25, 0.3) is 11.8 Å². The summed E-state index contributed by atoms with van der Waals surface area (Å²) in [5, 5.41) is 31.3. The van der Waals surface area contributed by atoms with Crippen molar-refractivity contribution in [3.8, 4) is 12.1 Å². The maximum atomic E-state index is 12.7. The number of nitrogens with zero attached hydrogens (tertiary/aromatic N) is 2. The van der Waals surface area contributed by atoms with Crippen molar-refractivity contribution < 1.29 is 9.59 Å². The van der Waals surface area contributed by atoms with Gasteiger partial charge >= 0.3 is 0 Å². The topological polar surface area (TPSA) is 130 Å². The first kappa shape index (κ1) is 25.0. The van der Waals surface area contributed by atoms with Crippen LogP contribution in [0.1, 0.15) is 21.9 Å². The highest BCUT2D eigenvalue weighted by Gasteiger charge is 2.31. The second kappa shape index (κ2) is 11.2. The zero-order chi connectivity index (χ0) is 26.5. The SMILES string of the molecule is N#CC1=C(Nc2ccccc2)SC(c2ccc(C3NC(=O)C(C#N)=C(Nc4ccccc4)S3)cc2)NC1=O. The predicted octanol–water partition coefficient (Wildman–Crippen LogP) is 5.10. The summed E-state index contributed by atoms with van der Waals surface area (Å²) < 4.78 is 0. The summed E-state index contributed by atoms with van der Waals surface area (Å²) in [4.78, 5) is 25.3. The molecule has 3 aromatic carbocycles. The lowest BCUT2D eigenvalue weighted by Gasteiger charge is -2.28. The number of carbonyl (C=O) groups is 2. The lowest BCUT2D eigenvalue weighted by atomic mass is 10.1. The van der Waals surface area contributed by atoms with Crippen molar-refractivity contribution in [2.24, 2.45) is 0 Å². The van der Waals surface area contributed by atoms with Gasteiger partial charge in [0, 0.05) is 11.4 Å². The molecule has 2 heterocycles. The number of para-hydroxylation sites is 2. The maximum Gasteiger partial charge on any atom is 0.265 e. The standard InChI is InChI=1S/C28H20N6O2S2/c29-15-21-23(35)33-25(37-27(21)31-19-7-3-1-4-8-19)17-11-13-18(14-12-17)26-34-24(36)22(16-30)28(38-26)32-20-9-5-2-6-10-20/h1-14,25-26,31-32H,(H,33,35)(H,34,36). The largest absolute Gasteiger partial charge is 0.349 e. The number of nitriles is 2. The van der Waals surface area contributed by atoms with Crippen LogP contribution in [0.2, 0.25) is 0 Å². The minimum Gasteiger partial charge on any atom is -0.349 e. The number of anilines is 2. The molecule has 2 atom stereocenters. The van der Waals surface area contributed by atoms with Gasteiger partial charge in [0.2, 0.25) is 0 Å². The summed E-state index contributed by atoms with van der Waals surface area (Å²) in [6.45, 7) is 0. The van der Waals surface area contributed by atoms with Crippen molar-refractivity contribution in [3.05, 3.63) is 117 Å². The molecule has 2 aliphatic heterocycles. The summed E-state index contributed by atoms with van der Waals surface area (Å²) in [6.07, 6.45) is 0. The fraction of sp³-hybridized carbons (Fsp3) is 0.0714. The molecule has 0 fully saturated rings. The molecule has 4 N–H and O–H groups in total. The van der Waals surface area contributed by atoms with E-state index in [1.165, 1.54) is 23.5 Å². The second-order valence-electron chi connectivity index (χ2n) is 8.22. The number of carbonyl (C=O) groups excluding carboxylic acids is 2. The average Bonchev–Trinajstić information content (AvgIpc) is 2.94. The summed E-state index contributed by atoms with van der Waals surface area (Å²) in [5.74, 6) is -0.890. The van der Waals surface area contributed by atoms with E-state index in [0.29, 0.717) is 10.1 Å². The van der Waals surface area contributed by atoms with Crippen molar-refractivity contribution in [1.82, 2.24) is 10.6 Å². The highest BCUT2D eigenvalue weighted by Crippen LogP contribution is 2.41. The van der Waals surface area contributed by atoms with E-state index in [0.717, 1.165) is 22.5 Å². The molecule has 2 amide bonds. The van der Waals surface area contributed by atoms with E-state index in [9.17, 15) is 20.1 Å². The summed E-state index contributed by atoms with van der Waals surface area (Å²) in [6, 6.07) is 30.2. The molecule has 0 saturated carbocycles. The van der Waals surface area contributed by atoms with Crippen LogP contribution in [0.5, 0.6) is 0 Å². The highest BCUT2D eigenvalue weighted by atomic mass is 32.2. The minimum atomic E-state index is -0.445. The van der Waals surface area contributed by atoms with Crippen LogP contribution in [0, 0.1) is 22.7 Å². The molecule has 38 heavy (non-hydrogen) atoms. The Balaban J connectivity index is 1.34. The lowest BCUT2D eigenvalue weighted by molar-refractivity contribution is -0.118. The smallest absolute Gasteiger partial charge is 0.265 e. The molecular formula is C28H20N6O2S2. The van der Waals surface area contributed by atoms with Gasteiger partial charge < -0.3 is 21.3 Å². The van der Waals surface area contributed by atoms with Gasteiger partial charge in [-0.05, 0) is 35.4 Å². The Morgan fingerprint density at radius 1 is 0.605 bits per heavy atom. The van der Waals surface area contributed by atoms with E-state index in [2.05, 4.69) is 21.3 Å². The van der Waals surface area contributed by atoms with Crippen LogP contribution in [-0.2, 0) is 9.59 Å². The molecule has 2 aliphatic rings. The molecule has 186 valence electrons. The normalized spacial score (nSPS) is 19.1. The van der Waals surface area contributed by atoms with E-state index in [4.69, 9.17) is 0 Å². The van der Waals surface area contributed by atoms with Gasteiger partial charge in [-0.15, -0.1) is 0 Å². The van der Waals surface area contributed by atoms with Crippen LogP contribution < -0.4 is 21.3 Å². The third kappa shape index (κ3) is 5.37. The van der Waals surface area contributed by atoms with E-state index < -0.39 is 22.6 Å². The first-order valence-corrected chi connectivity index (χ1v) is 13.3. The van der Waals surface area contributed by atoms with Crippen LogP contribution in [0.3, 0.4) is 0 Å². The lowest BCUT2D eigenvalue weighted by Crippen LogP contribution is -2.34. The molecule has 0 aromatic heterocycles. The first-order chi connectivity index (χ1) is 18.6. The van der Waals surface area contributed by atoms with E-state index in [1.807, 2.05) is 97.1 Å². The predicted molar refractivity (Wildman–Crippen MR) is 149 cm³/mol. The fourth-order valence-corrected chi connectivity index (χ4v) is 6.10. The number of benzene rings is 3. The molecule has 0 saturated heterocycles. The van der Waals surface area contributed by atoms with Gasteiger partial charge in [-0.2, -0.15) is 10.5 Å². The highest BCUT2D eigenvalue weighted by molar-refractivity contribution is 8.03. The number of thioether (sulfide) groups is 2. The van der Waals surface area contributed by atoms with Crippen molar-refractivity contribution in [3.63, 3.8) is 0 Å². The van der Waals surface area contributed by atoms with Crippen molar-refractivity contribution in [1.29, 1.82) is 10.5 Å². The molecule has 0 bridgehead atoms. The van der Waals surface area contributed by atoms with Crippen LogP contribution in [-0.4, -0.2) is 11.8 Å². The summed E-state index contributed by atoms with van der Waals surface area (Å²) in [7, 11) is 0. The van der Waals surface area contributed by atoms with Crippen molar-refractivity contribution in [2.75, 3.05) is 10.6 Å². The minimum absolute atomic E-state index is 0.0339. The third-order valence-corrected chi connectivity index (χ3v) is 8.07. The molecular weight excluding hydrogens is 516 g/mol. The van der Waals surface area contributed by atoms with Crippen molar-refractivity contribution in [2.45, 2.75) is 10.7 Å². The van der Waals surface area contributed by atoms with Gasteiger partial charge in [0.1, 0.15) is 34.0 Å². The van der Waals surface area contributed by atoms with E-state index in [-0.39, 0.29) is 11.1 Å². The van der Waals surface area contributed by atoms with Crippen LogP contribution >= 0.6 is 23.5 Å². The molecule has 2 unspecified atom stereocenters. The Morgan fingerprint density at radius 2 is 0.974 bits per heavy atom. The number of amides is 2. The first-order valence-electron chi connectivity index (χ1n) is 11.5. The summed E-state index contributed by atoms with van der Waals surface area (Å²) >= 11 is 2.70. The van der Waals surface area contributed by atoms with Gasteiger partial charge in [-0.25, -0.2) is 0 Å². The number of rotatable bonds is 6. The van der Waals surface area contributed by atoms with E-state index in [1.54, 1.807) is 0 Å². The molecule has 10 heteroatoms. The molecule has 0 radical (unpaired) electrons. The maximum absolute atomic E-state index is 12.7. The molecule has 8 nitrogen and oxygen atoms in total. The zero-order valence-electron chi connectivity index (χ0n) is 19.8. The van der Waals surface area contributed by atoms with Gasteiger partial charge in [0.05, 0.1) is 10.1 Å². The molecule has 5 rings (SSSR count). The number of hydrogen-bond donors (Lipinski definition) is 4. The monoisotopic (exact) mass is 536 g/mol. The zero-order valence-corrected chi connectivity index (χ0v) is 21.4. The molecule has 3 aromatic rings. The van der Waals surface area contributed by atoms with Gasteiger partial charge in [0.15, 0.2) is 0 Å². The second-order valence-corrected chi connectivity index (χ2v) is 10.5. The summed E-state index contributed by atoms with van der Waals surface area (Å²) in [5.41, 5.74) is 3.29. The average molecular weight is 537 g/mol. The number of nitrogens with one attached hydrogen (secondary N) is 4. The van der Waals surface area contributed by atoms with Gasteiger partial charge in [-0.1, -0.05) is 84.2 Å².